The highest BCUT2D eigenvalue weighted by molar-refractivity contribution is 6.74. The van der Waals surface area contributed by atoms with E-state index >= 15 is 0 Å². The molecule has 3 aromatic carbocycles. The van der Waals surface area contributed by atoms with Gasteiger partial charge in [-0.2, -0.15) is 0 Å². The molecular weight excluding hydrogens is 637 g/mol. The minimum atomic E-state index is -1.96. The number of carbonyl (C=O) groups is 3. The largest absolute Gasteiger partial charge is 0.449 e. The van der Waals surface area contributed by atoms with Gasteiger partial charge in [-0.1, -0.05) is 69.3 Å². The molecule has 0 bridgehead atoms. The van der Waals surface area contributed by atoms with Gasteiger partial charge in [0.1, 0.15) is 18.5 Å². The number of anilines is 1. The Morgan fingerprint density at radius 3 is 2.20 bits per heavy atom. The number of primary amides is 1. The summed E-state index contributed by atoms with van der Waals surface area (Å²) in [5.74, 6) is 0.267. The zero-order chi connectivity index (χ0) is 35.2. The van der Waals surface area contributed by atoms with Crippen LogP contribution in [0.1, 0.15) is 56.5 Å². The standard InChI is InChI=1S/C37H46N6O5Si/c1-37(2,3)49(4,5)48-24-33-39-21-22-43(33)26-18-16-25(17-19-26)41-34(44)32(15-10-20-40-35(38)45)42-36(46)47-23-31-29-13-8-6-11-27(29)28-12-7-9-14-30(28)31/h6-9,11-14,16-19,21-22,31-32H,10,15,20,23-24H2,1-5H3,(H,41,44)(H,42,46)(H3,38,40,45)/t32-/m0/s1. The van der Waals surface area contributed by atoms with Gasteiger partial charge in [0.15, 0.2) is 8.32 Å². The normalized spacial score (nSPS) is 13.2. The smallest absolute Gasteiger partial charge is 0.407 e. The van der Waals surface area contributed by atoms with Crippen LogP contribution >= 0.6 is 0 Å². The van der Waals surface area contributed by atoms with Crippen LogP contribution in [0.15, 0.2) is 85.2 Å². The first-order chi connectivity index (χ1) is 23.3. The molecule has 1 heterocycles. The summed E-state index contributed by atoms with van der Waals surface area (Å²) in [6.45, 7) is 11.8. The highest BCUT2D eigenvalue weighted by Gasteiger charge is 2.37. The molecule has 0 spiro atoms. The average molecular weight is 683 g/mol. The maximum absolute atomic E-state index is 13.5. The fourth-order valence-electron chi connectivity index (χ4n) is 5.64. The minimum absolute atomic E-state index is 0.0838. The number of alkyl carbamates (subject to hydrolysis) is 1. The summed E-state index contributed by atoms with van der Waals surface area (Å²) in [4.78, 5) is 42.2. The number of hydrogen-bond donors (Lipinski definition) is 4. The molecule has 1 aliphatic rings. The Labute approximate surface area is 288 Å². The van der Waals surface area contributed by atoms with Crippen molar-refractivity contribution in [2.75, 3.05) is 18.5 Å². The fraction of sp³-hybridized carbons (Fsp3) is 0.351. The summed E-state index contributed by atoms with van der Waals surface area (Å²) in [7, 11) is -1.96. The number of nitrogens with two attached hydrogens (primary N) is 1. The number of nitrogens with one attached hydrogen (secondary N) is 3. The van der Waals surface area contributed by atoms with Crippen molar-refractivity contribution in [2.24, 2.45) is 5.73 Å². The van der Waals surface area contributed by atoms with Crippen LogP contribution in [-0.2, 0) is 20.6 Å². The summed E-state index contributed by atoms with van der Waals surface area (Å²) in [6, 6.07) is 22.0. The number of ether oxygens (including phenoxy) is 1. The zero-order valence-electron chi connectivity index (χ0n) is 28.8. The number of urea groups is 1. The van der Waals surface area contributed by atoms with E-state index in [-0.39, 0.29) is 30.5 Å². The van der Waals surface area contributed by atoms with E-state index in [1.165, 1.54) is 0 Å². The molecule has 11 nitrogen and oxygen atoms in total. The van der Waals surface area contributed by atoms with Crippen molar-refractivity contribution in [3.8, 4) is 16.8 Å². The Morgan fingerprint density at radius 1 is 0.959 bits per heavy atom. The number of amides is 4. The molecule has 0 aliphatic heterocycles. The second-order valence-electron chi connectivity index (χ2n) is 13.8. The summed E-state index contributed by atoms with van der Waals surface area (Å²) < 4.78 is 14.1. The monoisotopic (exact) mass is 682 g/mol. The predicted molar refractivity (Wildman–Crippen MR) is 193 cm³/mol. The van der Waals surface area contributed by atoms with E-state index in [0.717, 1.165) is 33.8 Å². The lowest BCUT2D eigenvalue weighted by atomic mass is 9.98. The molecule has 5 rings (SSSR count). The van der Waals surface area contributed by atoms with Gasteiger partial charge >= 0.3 is 12.1 Å². The Morgan fingerprint density at radius 2 is 1.59 bits per heavy atom. The van der Waals surface area contributed by atoms with Crippen LogP contribution in [0.5, 0.6) is 0 Å². The molecule has 0 unspecified atom stereocenters. The summed E-state index contributed by atoms with van der Waals surface area (Å²) >= 11 is 0. The number of imidazole rings is 1. The lowest BCUT2D eigenvalue weighted by Gasteiger charge is -2.36. The number of fused-ring (bicyclic) bond motifs is 3. The number of aromatic nitrogens is 2. The Bertz CT molecular complexity index is 1740. The fourth-order valence-corrected chi connectivity index (χ4v) is 6.56. The van der Waals surface area contributed by atoms with Crippen molar-refractivity contribution in [2.45, 2.75) is 70.3 Å². The molecule has 0 radical (unpaired) electrons. The summed E-state index contributed by atoms with van der Waals surface area (Å²) in [5.41, 5.74) is 11.1. The van der Waals surface area contributed by atoms with Crippen LogP contribution in [-0.4, -0.2) is 55.1 Å². The third-order valence-corrected chi connectivity index (χ3v) is 13.9. The second-order valence-corrected chi connectivity index (χ2v) is 18.6. The van der Waals surface area contributed by atoms with E-state index in [9.17, 15) is 14.4 Å². The summed E-state index contributed by atoms with van der Waals surface area (Å²) in [5, 5.41) is 8.24. The quantitative estimate of drug-likeness (QED) is 0.0912. The maximum atomic E-state index is 13.5. The van der Waals surface area contributed by atoms with E-state index in [0.29, 0.717) is 18.7 Å². The molecule has 4 amide bonds. The van der Waals surface area contributed by atoms with Gasteiger partial charge in [0.25, 0.3) is 0 Å². The van der Waals surface area contributed by atoms with Gasteiger partial charge in [-0.25, -0.2) is 14.6 Å². The van der Waals surface area contributed by atoms with Gasteiger partial charge in [0, 0.05) is 36.2 Å². The van der Waals surface area contributed by atoms with Crippen LogP contribution < -0.4 is 21.7 Å². The first-order valence-electron chi connectivity index (χ1n) is 16.6. The van der Waals surface area contributed by atoms with Crippen molar-refractivity contribution < 1.29 is 23.5 Å². The molecule has 1 aliphatic carbocycles. The van der Waals surface area contributed by atoms with Crippen molar-refractivity contribution in [3.05, 3.63) is 102 Å². The Hall–Kier alpha value is -4.94. The Kier molecular flexibility index (Phi) is 10.9. The van der Waals surface area contributed by atoms with Gasteiger partial charge in [0.2, 0.25) is 5.91 Å². The molecule has 5 N–H and O–H groups in total. The van der Waals surface area contributed by atoms with Crippen LogP contribution in [0.25, 0.3) is 16.8 Å². The summed E-state index contributed by atoms with van der Waals surface area (Å²) in [6.07, 6.45) is 3.58. The van der Waals surface area contributed by atoms with Gasteiger partial charge < -0.3 is 35.4 Å². The van der Waals surface area contributed by atoms with E-state index in [4.69, 9.17) is 14.9 Å². The third-order valence-electron chi connectivity index (χ3n) is 9.42. The SMILES string of the molecule is CC(C)(C)[Si](C)(C)OCc1nccn1-c1ccc(NC(=O)[C@H](CCCNC(N)=O)NC(=O)OCC2c3ccccc3-c3ccccc32)cc1. The molecule has 0 fully saturated rings. The van der Waals surface area contributed by atoms with Crippen molar-refractivity contribution in [1.82, 2.24) is 20.2 Å². The number of hydrogen-bond acceptors (Lipinski definition) is 6. The van der Waals surface area contributed by atoms with Gasteiger partial charge in [0.05, 0.1) is 6.61 Å². The van der Waals surface area contributed by atoms with Crippen molar-refractivity contribution in [1.29, 1.82) is 0 Å². The van der Waals surface area contributed by atoms with E-state index in [1.54, 1.807) is 18.3 Å². The number of carbonyl (C=O) groups excluding carboxylic acids is 3. The van der Waals surface area contributed by atoms with Crippen LogP contribution in [0.3, 0.4) is 0 Å². The minimum Gasteiger partial charge on any atom is -0.449 e. The predicted octanol–water partition coefficient (Wildman–Crippen LogP) is 6.69. The molecule has 258 valence electrons. The first kappa shape index (κ1) is 35.4. The van der Waals surface area contributed by atoms with E-state index < -0.39 is 32.4 Å². The van der Waals surface area contributed by atoms with Crippen molar-refractivity contribution in [3.63, 3.8) is 0 Å². The van der Waals surface area contributed by atoms with Gasteiger partial charge in [-0.05, 0) is 77.5 Å². The Balaban J connectivity index is 1.22. The number of rotatable bonds is 13. The van der Waals surface area contributed by atoms with E-state index in [2.05, 4.69) is 66.9 Å². The van der Waals surface area contributed by atoms with Crippen LogP contribution in [0, 0.1) is 0 Å². The molecule has 1 aromatic heterocycles. The highest BCUT2D eigenvalue weighted by atomic mass is 28.4. The molecule has 0 saturated heterocycles. The highest BCUT2D eigenvalue weighted by Crippen LogP contribution is 2.44. The molecule has 12 heteroatoms. The second kappa shape index (κ2) is 15.1. The van der Waals surface area contributed by atoms with Crippen LogP contribution in [0.2, 0.25) is 18.1 Å². The number of nitrogens with zero attached hydrogens (tertiary/aromatic N) is 2. The van der Waals surface area contributed by atoms with Gasteiger partial charge in [-0.15, -0.1) is 0 Å². The van der Waals surface area contributed by atoms with E-state index in [1.807, 2.05) is 59.3 Å². The third kappa shape index (κ3) is 8.56. The molecule has 49 heavy (non-hydrogen) atoms. The average Bonchev–Trinajstić information content (AvgIpc) is 3.66. The molecule has 4 aromatic rings. The van der Waals surface area contributed by atoms with Crippen LogP contribution in [0.4, 0.5) is 15.3 Å². The lowest BCUT2D eigenvalue weighted by molar-refractivity contribution is -0.118. The first-order valence-corrected chi connectivity index (χ1v) is 19.5. The topological polar surface area (TPSA) is 150 Å². The number of benzene rings is 3. The van der Waals surface area contributed by atoms with Crippen molar-refractivity contribution >= 4 is 32.0 Å². The lowest BCUT2D eigenvalue weighted by Crippen LogP contribution is -2.44. The zero-order valence-corrected chi connectivity index (χ0v) is 29.8. The van der Waals surface area contributed by atoms with Gasteiger partial charge in [-0.3, -0.25) is 4.79 Å². The maximum Gasteiger partial charge on any atom is 0.407 e. The molecule has 0 saturated carbocycles. The molecular formula is C37H46N6O5Si. The molecule has 1 atom stereocenters.